The van der Waals surface area contributed by atoms with Gasteiger partial charge in [-0.2, -0.15) is 26.3 Å². The van der Waals surface area contributed by atoms with Gasteiger partial charge >= 0.3 is 24.0 Å². The highest BCUT2D eigenvalue weighted by Crippen LogP contribution is 2.58. The van der Waals surface area contributed by atoms with E-state index < -0.39 is 91.2 Å². The smallest absolute Gasteiger partial charge is 0.435 e. The van der Waals surface area contributed by atoms with E-state index in [4.69, 9.17) is 0 Å². The number of carbonyl (C=O) groups excluding carboxylic acids is 1. The number of benzene rings is 2. The largest absolute Gasteiger partial charge is 0.481 e. The van der Waals surface area contributed by atoms with Gasteiger partial charge in [-0.3, -0.25) is 9.59 Å². The second-order valence-electron chi connectivity index (χ2n) is 11.5. The highest BCUT2D eigenvalue weighted by atomic mass is 32.2. The average molecular weight is 656 g/mol. The van der Waals surface area contributed by atoms with Gasteiger partial charge < -0.3 is 15.1 Å². The van der Waals surface area contributed by atoms with Crippen molar-refractivity contribution in [2.45, 2.75) is 77.8 Å². The molecule has 2 atom stereocenters. The van der Waals surface area contributed by atoms with Crippen LogP contribution in [0.25, 0.3) is 0 Å². The van der Waals surface area contributed by atoms with Crippen molar-refractivity contribution in [2.75, 3.05) is 6.54 Å². The lowest BCUT2D eigenvalue weighted by atomic mass is 9.78. The maximum atomic E-state index is 15.0. The van der Waals surface area contributed by atoms with E-state index in [1.54, 1.807) is 0 Å². The van der Waals surface area contributed by atoms with E-state index in [-0.39, 0.29) is 49.4 Å². The number of alkyl halides is 7. The average Bonchev–Trinajstić information content (AvgIpc) is 3.47. The Hall–Kier alpha value is -3.27. The number of hydrogen-bond donors (Lipinski definition) is 2. The minimum absolute atomic E-state index is 0.0772. The molecule has 1 amide bonds. The number of likely N-dealkylation sites (tertiary alicyclic amines) is 1. The van der Waals surface area contributed by atoms with Crippen LogP contribution in [0, 0.1) is 11.7 Å². The molecule has 2 aromatic carbocycles. The standard InChI is InChI=1S/C28H25F8NO6S/c29-18-2-4-19(5-3-18)44(42,43)25-11-12-37(23(40)24(41)9-7-15(8-10-24)22(38)39)21(25)14-16-13-17(1-6-20(16)25)26(30,27(31,32)33)28(34,35)36/h1-6,13,15,21,41H,7-12,14H2,(H,38,39)/t15-,21?,24+,25?. The van der Waals surface area contributed by atoms with Crippen molar-refractivity contribution in [3.8, 4) is 0 Å². The van der Waals surface area contributed by atoms with Crippen LogP contribution >= 0.6 is 0 Å². The zero-order valence-electron chi connectivity index (χ0n) is 22.6. The van der Waals surface area contributed by atoms with E-state index in [0.717, 1.165) is 29.2 Å². The number of halogens is 8. The van der Waals surface area contributed by atoms with Gasteiger partial charge in [0, 0.05) is 12.1 Å². The summed E-state index contributed by atoms with van der Waals surface area (Å²) in [7, 11) is -4.67. The zero-order chi connectivity index (χ0) is 32.7. The van der Waals surface area contributed by atoms with Crippen LogP contribution in [0.4, 0.5) is 35.1 Å². The fourth-order valence-corrected chi connectivity index (χ4v) is 9.22. The Balaban J connectivity index is 1.64. The molecule has 1 heterocycles. The van der Waals surface area contributed by atoms with Crippen LogP contribution in [-0.4, -0.2) is 65.9 Å². The number of carboxylic acid groups (broad SMARTS) is 1. The molecule has 0 spiro atoms. The first-order valence-corrected chi connectivity index (χ1v) is 14.9. The van der Waals surface area contributed by atoms with Crippen LogP contribution in [0.3, 0.4) is 0 Å². The van der Waals surface area contributed by atoms with E-state index in [1.807, 2.05) is 0 Å². The molecule has 0 aromatic heterocycles. The molecule has 2 unspecified atom stereocenters. The molecule has 2 fully saturated rings. The molecule has 16 heteroatoms. The van der Waals surface area contributed by atoms with Gasteiger partial charge in [0.15, 0.2) is 9.84 Å². The van der Waals surface area contributed by atoms with Gasteiger partial charge in [0.25, 0.3) is 5.91 Å². The van der Waals surface area contributed by atoms with E-state index in [0.29, 0.717) is 12.1 Å². The molecule has 1 aliphatic heterocycles. The molecule has 1 saturated heterocycles. The number of sulfone groups is 1. The second kappa shape index (κ2) is 10.1. The number of hydrogen-bond acceptors (Lipinski definition) is 5. The molecule has 5 rings (SSSR count). The molecule has 0 radical (unpaired) electrons. The van der Waals surface area contributed by atoms with Crippen molar-refractivity contribution >= 4 is 21.7 Å². The van der Waals surface area contributed by atoms with Gasteiger partial charge in [0.1, 0.15) is 16.2 Å². The SMILES string of the molecule is O=C(O)[C@H]1CC[C@](O)(C(=O)N2CCC3(S(=O)(=O)c4ccc(F)cc4)c4ccc(C(F)(C(F)(F)F)C(F)(F)F)cc4CC23)CC1. The number of aliphatic hydroxyl groups is 1. The normalized spacial score (nSPS) is 27.6. The van der Waals surface area contributed by atoms with Crippen molar-refractivity contribution in [1.82, 2.24) is 4.90 Å². The number of amides is 1. The number of rotatable bonds is 5. The summed E-state index contributed by atoms with van der Waals surface area (Å²) in [6, 6.07) is 3.26. The van der Waals surface area contributed by atoms with E-state index in [2.05, 4.69) is 0 Å². The molecule has 0 bridgehead atoms. The second-order valence-corrected chi connectivity index (χ2v) is 13.7. The Kier molecular flexibility index (Phi) is 7.39. The molecule has 1 saturated carbocycles. The minimum Gasteiger partial charge on any atom is -0.481 e. The fraction of sp³-hybridized carbons (Fsp3) is 0.500. The van der Waals surface area contributed by atoms with Crippen LogP contribution in [-0.2, 0) is 36.3 Å². The summed E-state index contributed by atoms with van der Waals surface area (Å²) < 4.78 is 136. The van der Waals surface area contributed by atoms with Crippen LogP contribution in [0.1, 0.15) is 48.8 Å². The summed E-state index contributed by atoms with van der Waals surface area (Å²) in [5, 5.41) is 20.5. The molecular formula is C28H25F8NO6S. The third-order valence-corrected chi connectivity index (χ3v) is 11.8. The first-order chi connectivity index (χ1) is 20.2. The maximum Gasteiger partial charge on any atom is 0.435 e. The van der Waals surface area contributed by atoms with Gasteiger partial charge in [-0.25, -0.2) is 17.2 Å². The lowest BCUT2D eigenvalue weighted by molar-refractivity contribution is -0.348. The Labute approximate surface area is 245 Å². The third kappa shape index (κ3) is 4.50. The summed E-state index contributed by atoms with van der Waals surface area (Å²) in [5.74, 6) is -3.73. The first kappa shape index (κ1) is 32.1. The van der Waals surface area contributed by atoms with E-state index >= 15 is 0 Å². The predicted molar refractivity (Wildman–Crippen MR) is 135 cm³/mol. The predicted octanol–water partition coefficient (Wildman–Crippen LogP) is 4.95. The summed E-state index contributed by atoms with van der Waals surface area (Å²) in [6.45, 7) is -0.298. The molecule has 7 nitrogen and oxygen atoms in total. The highest BCUT2D eigenvalue weighted by molar-refractivity contribution is 7.92. The van der Waals surface area contributed by atoms with Gasteiger partial charge in [0.2, 0.25) is 0 Å². The maximum absolute atomic E-state index is 15.0. The third-order valence-electron chi connectivity index (χ3n) is 9.22. The fourth-order valence-electron chi connectivity index (χ4n) is 6.88. The number of nitrogens with zero attached hydrogens (tertiary/aromatic N) is 1. The molecule has 2 N–H and O–H groups in total. The van der Waals surface area contributed by atoms with Crippen LogP contribution in [0.5, 0.6) is 0 Å². The topological polar surface area (TPSA) is 112 Å². The van der Waals surface area contributed by atoms with E-state index in [9.17, 15) is 63.3 Å². The lowest BCUT2D eigenvalue weighted by Crippen LogP contribution is -2.55. The summed E-state index contributed by atoms with van der Waals surface area (Å²) >= 11 is 0. The Morgan fingerprint density at radius 2 is 1.45 bits per heavy atom. The number of carboxylic acids is 1. The summed E-state index contributed by atoms with van der Waals surface area (Å²) in [4.78, 5) is 25.7. The molecule has 240 valence electrons. The Bertz CT molecular complexity index is 1590. The highest BCUT2D eigenvalue weighted by Gasteiger charge is 2.74. The van der Waals surface area contributed by atoms with Crippen LogP contribution in [0.2, 0.25) is 0 Å². The van der Waals surface area contributed by atoms with Crippen LogP contribution < -0.4 is 0 Å². The Morgan fingerprint density at radius 1 is 0.886 bits per heavy atom. The molecule has 2 aliphatic carbocycles. The van der Waals surface area contributed by atoms with Crippen molar-refractivity contribution in [3.05, 3.63) is 65.0 Å². The van der Waals surface area contributed by atoms with E-state index in [1.165, 1.54) is 0 Å². The first-order valence-electron chi connectivity index (χ1n) is 13.4. The summed E-state index contributed by atoms with van der Waals surface area (Å²) in [6.07, 6.45) is -14.6. The van der Waals surface area contributed by atoms with Crippen molar-refractivity contribution < 1.29 is 63.3 Å². The Morgan fingerprint density at radius 3 is 1.98 bits per heavy atom. The van der Waals surface area contributed by atoms with Crippen molar-refractivity contribution in [1.29, 1.82) is 0 Å². The molecule has 3 aliphatic rings. The quantitative estimate of drug-likeness (QED) is 0.349. The zero-order valence-corrected chi connectivity index (χ0v) is 23.4. The van der Waals surface area contributed by atoms with Gasteiger partial charge in [-0.1, -0.05) is 18.2 Å². The van der Waals surface area contributed by atoms with Gasteiger partial charge in [-0.05, 0) is 73.9 Å². The van der Waals surface area contributed by atoms with Gasteiger partial charge in [-0.15, -0.1) is 0 Å². The minimum atomic E-state index is -6.42. The molecule has 2 aromatic rings. The van der Waals surface area contributed by atoms with Crippen molar-refractivity contribution in [2.24, 2.45) is 5.92 Å². The molecule has 44 heavy (non-hydrogen) atoms. The lowest BCUT2D eigenvalue weighted by Gasteiger charge is -2.39. The van der Waals surface area contributed by atoms with Crippen molar-refractivity contribution in [3.63, 3.8) is 0 Å². The van der Waals surface area contributed by atoms with Crippen LogP contribution in [0.15, 0.2) is 47.4 Å². The number of aliphatic carboxylic acids is 1. The number of carbonyl (C=O) groups is 2. The number of fused-ring (bicyclic) bond motifs is 3. The summed E-state index contributed by atoms with van der Waals surface area (Å²) in [5.41, 5.74) is -10.4. The molecular weight excluding hydrogens is 630 g/mol. The van der Waals surface area contributed by atoms with Gasteiger partial charge in [0.05, 0.1) is 16.9 Å². The monoisotopic (exact) mass is 655 g/mol.